The molecule has 0 spiro atoms. The fourth-order valence-electron chi connectivity index (χ4n) is 1.82. The van der Waals surface area contributed by atoms with Crippen molar-refractivity contribution in [3.8, 4) is 0 Å². The van der Waals surface area contributed by atoms with Crippen LogP contribution in [0.2, 0.25) is 0 Å². The van der Waals surface area contributed by atoms with E-state index in [0.29, 0.717) is 4.47 Å². The van der Waals surface area contributed by atoms with Gasteiger partial charge < -0.3 is 5.32 Å². The fraction of sp³-hybridized carbons (Fsp3) is 0.133. The van der Waals surface area contributed by atoms with Crippen LogP contribution in [0.5, 0.6) is 0 Å². The minimum atomic E-state index is -0.542. The lowest BCUT2D eigenvalue weighted by Crippen LogP contribution is -2.27. The summed E-state index contributed by atoms with van der Waals surface area (Å²) in [6, 6.07) is 11.9. The minimum Gasteiger partial charge on any atom is -0.345 e. The first-order valence-corrected chi connectivity index (χ1v) is 7.58. The molecule has 2 aromatic carbocycles. The van der Waals surface area contributed by atoms with Crippen molar-refractivity contribution in [2.45, 2.75) is 13.0 Å². The van der Waals surface area contributed by atoms with Gasteiger partial charge in [0, 0.05) is 8.95 Å². The van der Waals surface area contributed by atoms with E-state index in [9.17, 15) is 9.18 Å². The Kier molecular flexibility index (Phi) is 4.94. The summed E-state index contributed by atoms with van der Waals surface area (Å²) in [5.74, 6) is -0.981. The SMILES string of the molecule is C[C@H](NC(=O)c1c(F)cccc1Br)c1ccc(Br)cc1. The first-order valence-electron chi connectivity index (χ1n) is 5.99. The molecule has 1 atom stereocenters. The van der Waals surface area contributed by atoms with Gasteiger partial charge in [-0.1, -0.05) is 34.1 Å². The number of nitrogens with one attached hydrogen (secondary N) is 1. The van der Waals surface area contributed by atoms with Gasteiger partial charge in [0.25, 0.3) is 5.91 Å². The second kappa shape index (κ2) is 6.50. The molecule has 0 aliphatic heterocycles. The lowest BCUT2D eigenvalue weighted by molar-refractivity contribution is 0.0935. The second-order valence-corrected chi connectivity index (χ2v) is 6.11. The van der Waals surface area contributed by atoms with Crippen LogP contribution in [-0.2, 0) is 0 Å². The molecule has 5 heteroatoms. The molecule has 0 saturated heterocycles. The molecule has 0 heterocycles. The zero-order chi connectivity index (χ0) is 14.7. The van der Waals surface area contributed by atoms with Crippen molar-refractivity contribution in [3.63, 3.8) is 0 Å². The largest absolute Gasteiger partial charge is 0.345 e. The molecule has 0 unspecified atom stereocenters. The molecule has 0 fully saturated rings. The van der Waals surface area contributed by atoms with E-state index in [0.717, 1.165) is 10.0 Å². The Labute approximate surface area is 133 Å². The number of hydrogen-bond acceptors (Lipinski definition) is 1. The predicted octanol–water partition coefficient (Wildman–Crippen LogP) is 4.84. The number of amides is 1. The molecule has 2 nitrogen and oxygen atoms in total. The van der Waals surface area contributed by atoms with Crippen LogP contribution in [0, 0.1) is 5.82 Å². The van der Waals surface area contributed by atoms with Crippen molar-refractivity contribution in [1.29, 1.82) is 0 Å². The highest BCUT2D eigenvalue weighted by atomic mass is 79.9. The Morgan fingerprint density at radius 2 is 1.80 bits per heavy atom. The molecule has 20 heavy (non-hydrogen) atoms. The Bertz CT molecular complexity index is 608. The average molecular weight is 401 g/mol. The van der Waals surface area contributed by atoms with Crippen molar-refractivity contribution >= 4 is 37.8 Å². The predicted molar refractivity (Wildman–Crippen MR) is 84.1 cm³/mol. The van der Waals surface area contributed by atoms with E-state index in [2.05, 4.69) is 37.2 Å². The van der Waals surface area contributed by atoms with Gasteiger partial charge in [-0.15, -0.1) is 0 Å². The normalized spacial score (nSPS) is 12.0. The van der Waals surface area contributed by atoms with Crippen molar-refractivity contribution < 1.29 is 9.18 Å². The van der Waals surface area contributed by atoms with Gasteiger partial charge in [0.05, 0.1) is 11.6 Å². The third kappa shape index (κ3) is 3.46. The van der Waals surface area contributed by atoms with Crippen LogP contribution in [0.25, 0.3) is 0 Å². The van der Waals surface area contributed by atoms with E-state index in [1.54, 1.807) is 12.1 Å². The summed E-state index contributed by atoms with van der Waals surface area (Å²) >= 11 is 6.55. The van der Waals surface area contributed by atoms with Crippen LogP contribution in [0.3, 0.4) is 0 Å². The topological polar surface area (TPSA) is 29.1 Å². The maximum atomic E-state index is 13.7. The molecule has 0 aliphatic carbocycles. The lowest BCUT2D eigenvalue weighted by atomic mass is 10.1. The molecular formula is C15H12Br2FNO. The third-order valence-electron chi connectivity index (χ3n) is 2.91. The summed E-state index contributed by atoms with van der Waals surface area (Å²) in [5.41, 5.74) is 0.977. The first-order chi connectivity index (χ1) is 9.49. The summed E-state index contributed by atoms with van der Waals surface area (Å²) in [4.78, 5) is 12.1. The summed E-state index contributed by atoms with van der Waals surface area (Å²) in [7, 11) is 0. The molecule has 0 aromatic heterocycles. The van der Waals surface area contributed by atoms with Crippen LogP contribution in [0.1, 0.15) is 28.9 Å². The third-order valence-corrected chi connectivity index (χ3v) is 4.10. The second-order valence-electron chi connectivity index (χ2n) is 4.34. The van der Waals surface area contributed by atoms with Crippen molar-refractivity contribution in [3.05, 3.63) is 68.4 Å². The smallest absolute Gasteiger partial charge is 0.255 e. The zero-order valence-electron chi connectivity index (χ0n) is 10.7. The number of carbonyl (C=O) groups is 1. The molecule has 0 aliphatic rings. The van der Waals surface area contributed by atoms with Gasteiger partial charge in [0.15, 0.2) is 0 Å². The van der Waals surface area contributed by atoms with Crippen molar-refractivity contribution in [2.75, 3.05) is 0 Å². The minimum absolute atomic E-state index is 0.0245. The molecule has 0 bridgehead atoms. The highest BCUT2D eigenvalue weighted by molar-refractivity contribution is 9.10. The maximum absolute atomic E-state index is 13.7. The van der Waals surface area contributed by atoms with Crippen LogP contribution in [0.15, 0.2) is 51.4 Å². The highest BCUT2D eigenvalue weighted by Gasteiger charge is 2.17. The van der Waals surface area contributed by atoms with Crippen LogP contribution in [0.4, 0.5) is 4.39 Å². The number of benzene rings is 2. The molecule has 0 radical (unpaired) electrons. The van der Waals surface area contributed by atoms with E-state index in [1.807, 2.05) is 31.2 Å². The first kappa shape index (κ1) is 15.2. The van der Waals surface area contributed by atoms with Crippen molar-refractivity contribution in [1.82, 2.24) is 5.32 Å². The standard InChI is InChI=1S/C15H12Br2FNO/c1-9(10-5-7-11(16)8-6-10)19-15(20)14-12(17)3-2-4-13(14)18/h2-9H,1H3,(H,19,20)/t9-/m0/s1. The fourth-order valence-corrected chi connectivity index (χ4v) is 2.60. The van der Waals surface area contributed by atoms with Gasteiger partial charge in [0.1, 0.15) is 5.82 Å². The van der Waals surface area contributed by atoms with Crippen LogP contribution in [-0.4, -0.2) is 5.91 Å². The molecular weight excluding hydrogens is 389 g/mol. The van der Waals surface area contributed by atoms with Gasteiger partial charge >= 0.3 is 0 Å². The summed E-state index contributed by atoms with van der Waals surface area (Å²) in [5, 5.41) is 2.79. The summed E-state index contributed by atoms with van der Waals surface area (Å²) in [6.07, 6.45) is 0. The number of rotatable bonds is 3. The van der Waals surface area contributed by atoms with E-state index >= 15 is 0 Å². The number of hydrogen-bond donors (Lipinski definition) is 1. The molecule has 2 rings (SSSR count). The monoisotopic (exact) mass is 399 g/mol. The van der Waals surface area contributed by atoms with Gasteiger partial charge in [-0.2, -0.15) is 0 Å². The number of halogens is 3. The number of carbonyl (C=O) groups excluding carboxylic acids is 1. The Morgan fingerprint density at radius 3 is 2.40 bits per heavy atom. The van der Waals surface area contributed by atoms with Gasteiger partial charge in [0.2, 0.25) is 0 Å². The van der Waals surface area contributed by atoms with E-state index in [1.165, 1.54) is 6.07 Å². The van der Waals surface area contributed by atoms with Gasteiger partial charge in [-0.05, 0) is 52.7 Å². The highest BCUT2D eigenvalue weighted by Crippen LogP contribution is 2.21. The van der Waals surface area contributed by atoms with E-state index in [4.69, 9.17) is 0 Å². The molecule has 1 amide bonds. The van der Waals surface area contributed by atoms with Crippen molar-refractivity contribution in [2.24, 2.45) is 0 Å². The van der Waals surface area contributed by atoms with E-state index in [-0.39, 0.29) is 11.6 Å². The quantitative estimate of drug-likeness (QED) is 0.784. The Morgan fingerprint density at radius 1 is 1.15 bits per heavy atom. The summed E-state index contributed by atoms with van der Waals surface area (Å²) in [6.45, 7) is 1.86. The Hall–Kier alpha value is -1.20. The van der Waals surface area contributed by atoms with Gasteiger partial charge in [-0.25, -0.2) is 4.39 Å². The average Bonchev–Trinajstić information content (AvgIpc) is 2.39. The summed E-state index contributed by atoms with van der Waals surface area (Å²) < 4.78 is 15.1. The zero-order valence-corrected chi connectivity index (χ0v) is 13.8. The lowest BCUT2D eigenvalue weighted by Gasteiger charge is -2.15. The molecule has 0 saturated carbocycles. The molecule has 2 aromatic rings. The van der Waals surface area contributed by atoms with E-state index < -0.39 is 11.7 Å². The molecule has 104 valence electrons. The Balaban J connectivity index is 2.17. The van der Waals surface area contributed by atoms with Gasteiger partial charge in [-0.3, -0.25) is 4.79 Å². The maximum Gasteiger partial charge on any atom is 0.255 e. The van der Waals surface area contributed by atoms with Crippen LogP contribution < -0.4 is 5.32 Å². The molecule has 1 N–H and O–H groups in total. The van der Waals surface area contributed by atoms with Crippen LogP contribution >= 0.6 is 31.9 Å².